The largest absolute Gasteiger partial charge is 0.872 e. The van der Waals surface area contributed by atoms with Crippen LogP contribution in [0.5, 0.6) is 11.5 Å². The van der Waals surface area contributed by atoms with Crippen LogP contribution in [-0.4, -0.2) is 55.1 Å². The Morgan fingerprint density at radius 3 is 2.66 bits per heavy atom. The smallest absolute Gasteiger partial charge is 0.232 e. The van der Waals surface area contributed by atoms with E-state index in [2.05, 4.69) is 4.90 Å². The minimum Gasteiger partial charge on any atom is -0.872 e. The van der Waals surface area contributed by atoms with E-state index in [0.717, 1.165) is 31.7 Å². The standard InChI is InChI=1S/C23H26N2O4/c1-16-13-19(27)18(15-25-9-7-24(8-10-25)11-12-26)23-21(16)22(28)20(29-23)14-17-5-3-2-4-6-17/h2-6,13-14,26-27H,7-12,15H2,1H3. The topological polar surface area (TPSA) is 77.3 Å². The third-order valence-corrected chi connectivity index (χ3v) is 5.71. The molecule has 29 heavy (non-hydrogen) atoms. The first kappa shape index (κ1) is 19.6. The van der Waals surface area contributed by atoms with Crippen LogP contribution >= 0.6 is 0 Å². The molecule has 6 heteroatoms. The SMILES string of the molecule is Cc1cc([O-])c(C[NH+]2CCN(CCO)CC2)c2c1C(=O)C(=Cc1ccccc1)O2. The predicted octanol–water partition coefficient (Wildman–Crippen LogP) is 0.378. The Labute approximate surface area is 170 Å². The number of carbonyl (C=O) groups excluding carboxylic acids is 1. The van der Waals surface area contributed by atoms with Crippen LogP contribution in [0.25, 0.3) is 6.08 Å². The number of ketones is 1. The molecule has 0 aliphatic carbocycles. The number of quaternary nitrogens is 1. The molecule has 2 heterocycles. The molecule has 2 aliphatic rings. The summed E-state index contributed by atoms with van der Waals surface area (Å²) in [6, 6.07) is 11.1. The molecule has 0 aromatic heterocycles. The minimum atomic E-state index is -0.162. The van der Waals surface area contributed by atoms with E-state index in [1.54, 1.807) is 19.1 Å². The predicted molar refractivity (Wildman–Crippen MR) is 108 cm³/mol. The third kappa shape index (κ3) is 4.05. The van der Waals surface area contributed by atoms with Gasteiger partial charge in [-0.25, -0.2) is 0 Å². The monoisotopic (exact) mass is 394 g/mol. The zero-order valence-corrected chi connectivity index (χ0v) is 16.6. The van der Waals surface area contributed by atoms with Gasteiger partial charge in [-0.15, -0.1) is 0 Å². The van der Waals surface area contributed by atoms with Crippen molar-refractivity contribution >= 4 is 11.9 Å². The molecule has 152 valence electrons. The van der Waals surface area contributed by atoms with Crippen molar-refractivity contribution in [2.24, 2.45) is 0 Å². The number of aliphatic hydroxyl groups is 1. The highest BCUT2D eigenvalue weighted by Crippen LogP contribution is 2.40. The van der Waals surface area contributed by atoms with Crippen LogP contribution in [0.2, 0.25) is 0 Å². The fourth-order valence-corrected chi connectivity index (χ4v) is 4.10. The van der Waals surface area contributed by atoms with Gasteiger partial charge < -0.3 is 19.8 Å². The Bertz CT molecular complexity index is 932. The van der Waals surface area contributed by atoms with E-state index in [4.69, 9.17) is 9.84 Å². The summed E-state index contributed by atoms with van der Waals surface area (Å²) in [6.07, 6.45) is 1.73. The first-order valence-corrected chi connectivity index (χ1v) is 10.1. The van der Waals surface area contributed by atoms with Crippen molar-refractivity contribution in [3.63, 3.8) is 0 Å². The van der Waals surface area contributed by atoms with Gasteiger partial charge in [-0.2, -0.15) is 0 Å². The molecule has 2 aliphatic heterocycles. The lowest BCUT2D eigenvalue weighted by Crippen LogP contribution is -3.13. The third-order valence-electron chi connectivity index (χ3n) is 5.71. The molecule has 1 saturated heterocycles. The number of benzene rings is 2. The van der Waals surface area contributed by atoms with Gasteiger partial charge in [0.2, 0.25) is 5.78 Å². The van der Waals surface area contributed by atoms with Crippen LogP contribution < -0.4 is 14.7 Å². The molecule has 0 atom stereocenters. The summed E-state index contributed by atoms with van der Waals surface area (Å²) in [5.41, 5.74) is 2.65. The van der Waals surface area contributed by atoms with Crippen LogP contribution in [-0.2, 0) is 6.54 Å². The number of aliphatic hydroxyl groups excluding tert-OH is 1. The Kier molecular flexibility index (Phi) is 5.67. The van der Waals surface area contributed by atoms with Gasteiger partial charge in [-0.05, 0) is 24.1 Å². The number of nitrogens with zero attached hydrogens (tertiary/aromatic N) is 1. The number of hydrogen-bond donors (Lipinski definition) is 2. The normalized spacial score (nSPS) is 18.8. The number of allylic oxidation sites excluding steroid dienone is 1. The zero-order valence-electron chi connectivity index (χ0n) is 16.6. The molecule has 0 spiro atoms. The molecule has 0 amide bonds. The number of fused-ring (bicyclic) bond motifs is 1. The second-order valence-electron chi connectivity index (χ2n) is 7.72. The lowest BCUT2D eigenvalue weighted by Gasteiger charge is -2.32. The van der Waals surface area contributed by atoms with Gasteiger partial charge in [0.05, 0.1) is 25.3 Å². The number of nitrogens with one attached hydrogen (secondary N) is 1. The molecular weight excluding hydrogens is 368 g/mol. The van der Waals surface area contributed by atoms with Crippen LogP contribution in [0, 0.1) is 6.92 Å². The fourth-order valence-electron chi connectivity index (χ4n) is 4.10. The van der Waals surface area contributed by atoms with Gasteiger partial charge in [0.25, 0.3) is 0 Å². The molecule has 0 saturated carbocycles. The number of ether oxygens (including phenoxy) is 1. The summed E-state index contributed by atoms with van der Waals surface area (Å²) in [7, 11) is 0. The van der Waals surface area contributed by atoms with Gasteiger partial charge in [0, 0.05) is 25.2 Å². The second-order valence-corrected chi connectivity index (χ2v) is 7.72. The van der Waals surface area contributed by atoms with Crippen molar-refractivity contribution in [3.8, 4) is 11.5 Å². The number of β-amino-alcohol motifs (C(OH)–C–C–N with tert-alkyl or cyclic N) is 1. The molecule has 0 bridgehead atoms. The summed E-state index contributed by atoms with van der Waals surface area (Å²) in [4.78, 5) is 16.5. The maximum Gasteiger partial charge on any atom is 0.232 e. The van der Waals surface area contributed by atoms with Crippen molar-refractivity contribution < 1.29 is 24.6 Å². The average molecular weight is 394 g/mol. The molecule has 1 fully saturated rings. The van der Waals surface area contributed by atoms with Crippen molar-refractivity contribution in [1.82, 2.24) is 4.90 Å². The van der Waals surface area contributed by atoms with E-state index in [0.29, 0.717) is 35.5 Å². The first-order valence-electron chi connectivity index (χ1n) is 10.1. The van der Waals surface area contributed by atoms with Crippen LogP contribution in [0.3, 0.4) is 0 Å². The van der Waals surface area contributed by atoms with Crippen molar-refractivity contribution in [2.45, 2.75) is 13.5 Å². The number of hydrogen-bond acceptors (Lipinski definition) is 5. The number of carbonyl (C=O) groups is 1. The van der Waals surface area contributed by atoms with E-state index in [-0.39, 0.29) is 23.9 Å². The summed E-state index contributed by atoms with van der Waals surface area (Å²) in [5, 5.41) is 21.8. The summed E-state index contributed by atoms with van der Waals surface area (Å²) in [6.45, 7) is 6.74. The number of Topliss-reactive ketones (excluding diaryl/α,β-unsaturated/α-hetero) is 1. The van der Waals surface area contributed by atoms with Crippen LogP contribution in [0.1, 0.15) is 27.0 Å². The summed E-state index contributed by atoms with van der Waals surface area (Å²) < 4.78 is 5.97. The zero-order chi connectivity index (χ0) is 20.4. The molecule has 6 nitrogen and oxygen atoms in total. The van der Waals surface area contributed by atoms with Crippen molar-refractivity contribution in [2.75, 3.05) is 39.3 Å². The highest BCUT2D eigenvalue weighted by molar-refractivity contribution is 6.15. The molecule has 2 aromatic rings. The lowest BCUT2D eigenvalue weighted by atomic mass is 9.99. The van der Waals surface area contributed by atoms with Crippen molar-refractivity contribution in [1.29, 1.82) is 0 Å². The summed E-state index contributed by atoms with van der Waals surface area (Å²) in [5.74, 6) is 0.474. The van der Waals surface area contributed by atoms with E-state index >= 15 is 0 Å². The van der Waals surface area contributed by atoms with Crippen LogP contribution in [0.4, 0.5) is 0 Å². The highest BCUT2D eigenvalue weighted by Gasteiger charge is 2.33. The molecule has 2 N–H and O–H groups in total. The Balaban J connectivity index is 1.59. The number of rotatable bonds is 5. The Morgan fingerprint density at radius 1 is 1.24 bits per heavy atom. The van der Waals surface area contributed by atoms with Gasteiger partial charge in [0.15, 0.2) is 5.76 Å². The molecular formula is C23H26N2O4. The van der Waals surface area contributed by atoms with Gasteiger partial charge in [-0.1, -0.05) is 42.1 Å². The Morgan fingerprint density at radius 2 is 1.97 bits per heavy atom. The number of aryl methyl sites for hydroxylation is 1. The highest BCUT2D eigenvalue weighted by atomic mass is 16.5. The van der Waals surface area contributed by atoms with E-state index in [1.807, 2.05) is 30.3 Å². The Hall–Kier alpha value is -2.67. The molecule has 2 aromatic carbocycles. The minimum absolute atomic E-state index is 0.0692. The van der Waals surface area contributed by atoms with Crippen LogP contribution in [0.15, 0.2) is 42.2 Å². The van der Waals surface area contributed by atoms with Crippen molar-refractivity contribution in [3.05, 3.63) is 64.4 Å². The van der Waals surface area contributed by atoms with Gasteiger partial charge in [0.1, 0.15) is 12.3 Å². The van der Waals surface area contributed by atoms with E-state index in [1.165, 1.54) is 4.90 Å². The molecule has 4 rings (SSSR count). The van der Waals surface area contributed by atoms with Gasteiger partial charge >= 0.3 is 0 Å². The number of piperazine rings is 1. The average Bonchev–Trinajstić information content (AvgIpc) is 3.04. The fraction of sp³-hybridized carbons (Fsp3) is 0.348. The molecule has 0 radical (unpaired) electrons. The van der Waals surface area contributed by atoms with E-state index in [9.17, 15) is 9.90 Å². The maximum atomic E-state index is 13.0. The second kappa shape index (κ2) is 8.37. The lowest BCUT2D eigenvalue weighted by molar-refractivity contribution is -0.918. The first-order chi connectivity index (χ1) is 14.1. The molecule has 0 unspecified atom stereocenters. The quantitative estimate of drug-likeness (QED) is 0.717. The summed E-state index contributed by atoms with van der Waals surface area (Å²) >= 11 is 0. The van der Waals surface area contributed by atoms with Gasteiger partial charge in [-0.3, -0.25) is 9.69 Å². The maximum absolute atomic E-state index is 13.0. The van der Waals surface area contributed by atoms with E-state index < -0.39 is 0 Å².